The smallest absolute Gasteiger partial charge is 0.410 e. The molecular weight excluding hydrogens is 725 g/mol. The summed E-state index contributed by atoms with van der Waals surface area (Å²) < 4.78 is 11.5. The minimum absolute atomic E-state index is 0. The van der Waals surface area contributed by atoms with Crippen LogP contribution in [-0.4, -0.2) is 145 Å². The number of hydrogen-bond acceptors (Lipinski definition) is 9. The number of aromatic hydroxyl groups is 1. The average Bonchev–Trinajstić information content (AvgIpc) is 3.36. The molecule has 3 saturated heterocycles. The predicted octanol–water partition coefficient (Wildman–Crippen LogP) is 5.69. The molecule has 2 aromatic carbocycles. The number of esters is 1. The third-order valence-electron chi connectivity index (χ3n) is 12.3. The van der Waals surface area contributed by atoms with Gasteiger partial charge in [0.15, 0.2) is 6.10 Å². The molecule has 0 aromatic heterocycles. The second kappa shape index (κ2) is 20.4. The number of para-hydroxylation sites is 1. The fourth-order valence-corrected chi connectivity index (χ4v) is 9.02. The molecule has 4 amide bonds. The van der Waals surface area contributed by atoms with Gasteiger partial charge in [0.1, 0.15) is 5.75 Å². The lowest BCUT2D eigenvalue weighted by Gasteiger charge is -2.41. The number of phenolic OH excluding ortho intramolecular Hbond substituents is 1. The maximum atomic E-state index is 14.2. The van der Waals surface area contributed by atoms with E-state index in [1.165, 1.54) is 0 Å². The Labute approximate surface area is 339 Å². The fraction of sp³-hybridized carbons (Fsp3) is 0.636. The van der Waals surface area contributed by atoms with E-state index in [0.29, 0.717) is 81.7 Å². The molecule has 0 bridgehead atoms. The molecule has 4 aliphatic heterocycles. The number of urea groups is 1. The molecular formula is C44H66N6O7. The molecule has 314 valence electrons. The fourth-order valence-electron chi connectivity index (χ4n) is 9.02. The van der Waals surface area contributed by atoms with E-state index in [-0.39, 0.29) is 43.5 Å². The molecule has 0 aliphatic carbocycles. The van der Waals surface area contributed by atoms with Crippen molar-refractivity contribution in [2.24, 2.45) is 11.8 Å². The molecule has 3 fully saturated rings. The highest BCUT2D eigenvalue weighted by Gasteiger charge is 2.37. The number of phenols is 1. The molecule has 13 nitrogen and oxygen atoms in total. The van der Waals surface area contributed by atoms with Crippen LogP contribution in [0.1, 0.15) is 74.6 Å². The van der Waals surface area contributed by atoms with Crippen LogP contribution >= 0.6 is 0 Å². The molecule has 0 radical (unpaired) electrons. The topological polar surface area (TPSA) is 135 Å². The number of nitrogens with zero attached hydrogens (tertiary/aromatic N) is 5. The standard InChI is InChI=1S/C43H62N6O7.CH4/c1-30-26-32(27-31(2)40(30)51)28-38(56-43(54)48-22-15-36(16-23-48)49-24-14-35-8-5-6-9-37(35)44-42(49)53)41(52)47-20-12-34(13-21-47)33-10-18-46(19-11-33)29-39(50)55-25-7-17-45(3)4;/h5-6,8-9,26-27,33-34,36,38,51H,7,10-25,28-29H2,1-4H3,(H,44,53);1H4/t38-;/m1./s1. The summed E-state index contributed by atoms with van der Waals surface area (Å²) in [6, 6.07) is 11.5. The van der Waals surface area contributed by atoms with Crippen molar-refractivity contribution in [2.45, 2.75) is 91.2 Å². The lowest BCUT2D eigenvalue weighted by Crippen LogP contribution is -2.52. The molecule has 4 heterocycles. The Morgan fingerprint density at radius 3 is 2.14 bits per heavy atom. The maximum Gasteiger partial charge on any atom is 0.410 e. The summed E-state index contributed by atoms with van der Waals surface area (Å²) in [5.74, 6) is 0.941. The quantitative estimate of drug-likeness (QED) is 0.205. The molecule has 2 N–H and O–H groups in total. The van der Waals surface area contributed by atoms with Crippen molar-refractivity contribution in [1.29, 1.82) is 0 Å². The zero-order chi connectivity index (χ0) is 39.8. The highest BCUT2D eigenvalue weighted by molar-refractivity contribution is 5.91. The number of carbonyl (C=O) groups is 4. The minimum Gasteiger partial charge on any atom is -0.507 e. The Kier molecular flexibility index (Phi) is 15.6. The van der Waals surface area contributed by atoms with Gasteiger partial charge in [0.05, 0.1) is 13.2 Å². The zero-order valence-corrected chi connectivity index (χ0v) is 33.8. The van der Waals surface area contributed by atoms with Crippen LogP contribution in [0.3, 0.4) is 0 Å². The van der Waals surface area contributed by atoms with Crippen molar-refractivity contribution in [3.63, 3.8) is 0 Å². The van der Waals surface area contributed by atoms with Crippen LogP contribution in [0.2, 0.25) is 0 Å². The van der Waals surface area contributed by atoms with Gasteiger partial charge in [0, 0.05) is 57.4 Å². The number of ether oxygens (including phenoxy) is 2. The second-order valence-electron chi connectivity index (χ2n) is 16.6. The van der Waals surface area contributed by atoms with Gasteiger partial charge in [-0.3, -0.25) is 14.5 Å². The summed E-state index contributed by atoms with van der Waals surface area (Å²) in [7, 11) is 4.02. The number of anilines is 1. The molecule has 1 atom stereocenters. The molecule has 0 spiro atoms. The maximum absolute atomic E-state index is 14.2. The van der Waals surface area contributed by atoms with E-state index in [4.69, 9.17) is 9.47 Å². The number of fused-ring (bicyclic) bond motifs is 1. The van der Waals surface area contributed by atoms with E-state index in [2.05, 4.69) is 15.1 Å². The van der Waals surface area contributed by atoms with E-state index < -0.39 is 12.2 Å². The van der Waals surface area contributed by atoms with Gasteiger partial charge in [-0.2, -0.15) is 0 Å². The van der Waals surface area contributed by atoms with Crippen molar-refractivity contribution >= 4 is 29.7 Å². The van der Waals surface area contributed by atoms with Crippen LogP contribution in [0.5, 0.6) is 5.75 Å². The number of benzene rings is 2. The number of nitrogens with one attached hydrogen (secondary N) is 1. The van der Waals surface area contributed by atoms with E-state index in [1.54, 1.807) is 4.90 Å². The van der Waals surface area contributed by atoms with Gasteiger partial charge in [-0.15, -0.1) is 0 Å². The average molecular weight is 791 g/mol. The highest BCUT2D eigenvalue weighted by Crippen LogP contribution is 2.33. The second-order valence-corrected chi connectivity index (χ2v) is 16.6. The number of rotatable bonds is 12. The Bertz CT molecular complexity index is 1660. The third kappa shape index (κ3) is 11.6. The summed E-state index contributed by atoms with van der Waals surface area (Å²) in [5, 5.41) is 13.5. The normalized spacial score (nSPS) is 19.3. The first-order chi connectivity index (χ1) is 26.9. The van der Waals surface area contributed by atoms with E-state index >= 15 is 0 Å². The van der Waals surface area contributed by atoms with Crippen LogP contribution in [0.4, 0.5) is 15.3 Å². The predicted molar refractivity (Wildman–Crippen MR) is 221 cm³/mol. The number of aryl methyl sites for hydroxylation is 2. The first-order valence-corrected chi connectivity index (χ1v) is 20.7. The number of amides is 4. The molecule has 0 unspecified atom stereocenters. The highest BCUT2D eigenvalue weighted by atomic mass is 16.6. The number of carbonyl (C=O) groups excluding carboxylic acids is 4. The first-order valence-electron chi connectivity index (χ1n) is 20.7. The number of piperidine rings is 3. The van der Waals surface area contributed by atoms with Crippen molar-refractivity contribution in [3.8, 4) is 5.75 Å². The SMILES string of the molecule is C.Cc1cc(C[C@@H](OC(=O)N2CCC(N3CCc4ccccc4NC3=O)CC2)C(=O)N2CCC(C3CCN(CC(=O)OCCCN(C)C)CC3)CC2)cc(C)c1O. The van der Waals surface area contributed by atoms with E-state index in [0.717, 1.165) is 75.0 Å². The molecule has 57 heavy (non-hydrogen) atoms. The van der Waals surface area contributed by atoms with Crippen molar-refractivity contribution in [2.75, 3.05) is 84.9 Å². The first kappa shape index (κ1) is 43.8. The van der Waals surface area contributed by atoms with Crippen LogP contribution in [0, 0.1) is 25.7 Å². The monoisotopic (exact) mass is 790 g/mol. The lowest BCUT2D eigenvalue weighted by molar-refractivity contribution is -0.145. The molecule has 6 rings (SSSR count). The lowest BCUT2D eigenvalue weighted by atomic mass is 9.78. The summed E-state index contributed by atoms with van der Waals surface area (Å²) in [4.78, 5) is 63.2. The Morgan fingerprint density at radius 1 is 0.877 bits per heavy atom. The van der Waals surface area contributed by atoms with Gasteiger partial charge < -0.3 is 39.5 Å². The van der Waals surface area contributed by atoms with Crippen molar-refractivity contribution in [1.82, 2.24) is 24.5 Å². The Hall–Kier alpha value is -4.36. The van der Waals surface area contributed by atoms with Crippen molar-refractivity contribution < 1.29 is 33.8 Å². The van der Waals surface area contributed by atoms with Gasteiger partial charge in [-0.1, -0.05) is 37.8 Å². The van der Waals surface area contributed by atoms with Gasteiger partial charge in [0.2, 0.25) is 0 Å². The van der Waals surface area contributed by atoms with Gasteiger partial charge in [-0.05, 0) is 133 Å². The van der Waals surface area contributed by atoms with Crippen LogP contribution in [0.25, 0.3) is 0 Å². The van der Waals surface area contributed by atoms with Gasteiger partial charge in [0.25, 0.3) is 5.91 Å². The van der Waals surface area contributed by atoms with E-state index in [1.807, 2.05) is 74.1 Å². The minimum atomic E-state index is -0.999. The van der Waals surface area contributed by atoms with Crippen LogP contribution < -0.4 is 5.32 Å². The molecule has 4 aliphatic rings. The largest absolute Gasteiger partial charge is 0.507 e. The molecule has 2 aromatic rings. The van der Waals surface area contributed by atoms with Crippen LogP contribution in [-0.2, 0) is 31.9 Å². The van der Waals surface area contributed by atoms with Crippen molar-refractivity contribution in [3.05, 3.63) is 58.7 Å². The van der Waals surface area contributed by atoms with E-state index in [9.17, 15) is 24.3 Å². The summed E-state index contributed by atoms with van der Waals surface area (Å²) in [6.07, 6.45) is 5.40. The Balaban J connectivity index is 0.00000620. The summed E-state index contributed by atoms with van der Waals surface area (Å²) in [6.45, 7) is 9.78. The summed E-state index contributed by atoms with van der Waals surface area (Å²) >= 11 is 0. The van der Waals surface area contributed by atoms with Crippen LogP contribution in [0.15, 0.2) is 36.4 Å². The number of hydrogen-bond donors (Lipinski definition) is 2. The van der Waals surface area contributed by atoms with Gasteiger partial charge >= 0.3 is 18.1 Å². The van der Waals surface area contributed by atoms with Gasteiger partial charge in [-0.25, -0.2) is 9.59 Å². The zero-order valence-electron chi connectivity index (χ0n) is 33.8. The molecule has 13 heteroatoms. The Morgan fingerprint density at radius 2 is 1.49 bits per heavy atom. The molecule has 0 saturated carbocycles. The number of likely N-dealkylation sites (tertiary alicyclic amines) is 3. The third-order valence-corrected chi connectivity index (χ3v) is 12.3. The summed E-state index contributed by atoms with van der Waals surface area (Å²) in [5.41, 5.74) is 4.22.